The molecule has 0 radical (unpaired) electrons. The minimum absolute atomic E-state index is 0.0176. The molecular formula is C55H67BN2S. The lowest BCUT2D eigenvalue weighted by Crippen LogP contribution is -2.56. The highest BCUT2D eigenvalue weighted by atomic mass is 32.2. The quantitative estimate of drug-likeness (QED) is 0.186. The van der Waals surface area contributed by atoms with Crippen LogP contribution in [0.3, 0.4) is 0 Å². The Kier molecular flexibility index (Phi) is 9.21. The van der Waals surface area contributed by atoms with Crippen molar-refractivity contribution in [2.45, 2.75) is 161 Å². The summed E-state index contributed by atoms with van der Waals surface area (Å²) >= 11 is 2.20. The maximum Gasteiger partial charge on any atom is 0.259 e. The smallest absolute Gasteiger partial charge is 0.259 e. The number of anilines is 5. The van der Waals surface area contributed by atoms with Crippen LogP contribution in [0, 0.1) is 35.8 Å². The first kappa shape index (κ1) is 39.6. The number of nitrogens with zero attached hydrogens (tertiary/aromatic N) is 2. The van der Waals surface area contributed by atoms with Crippen LogP contribution in [0.1, 0.15) is 156 Å². The number of thioether (sulfide) groups is 1. The van der Waals surface area contributed by atoms with E-state index in [1.165, 1.54) is 107 Å². The van der Waals surface area contributed by atoms with Crippen LogP contribution in [0.5, 0.6) is 0 Å². The third-order valence-corrected chi connectivity index (χ3v) is 17.8. The molecule has 0 spiro atoms. The van der Waals surface area contributed by atoms with Crippen molar-refractivity contribution in [3.63, 3.8) is 0 Å². The van der Waals surface area contributed by atoms with Crippen LogP contribution >= 0.6 is 11.8 Å². The van der Waals surface area contributed by atoms with Crippen LogP contribution in [0.25, 0.3) is 0 Å². The van der Waals surface area contributed by atoms with Gasteiger partial charge in [0.1, 0.15) is 0 Å². The second-order valence-electron chi connectivity index (χ2n) is 22.6. The summed E-state index contributed by atoms with van der Waals surface area (Å²) in [4.78, 5) is 7.00. The van der Waals surface area contributed by atoms with Crippen molar-refractivity contribution in [3.8, 4) is 0 Å². The molecular weight excluding hydrogens is 731 g/mol. The highest BCUT2D eigenvalue weighted by Gasteiger charge is 2.54. The zero-order valence-corrected chi connectivity index (χ0v) is 38.8. The second-order valence-corrected chi connectivity index (χ2v) is 23.9. The summed E-state index contributed by atoms with van der Waals surface area (Å²) in [6, 6.07) is 34.9. The fourth-order valence-electron chi connectivity index (χ4n) is 12.7. The monoisotopic (exact) mass is 799 g/mol. The molecule has 2 nitrogen and oxygen atoms in total. The first-order chi connectivity index (χ1) is 28.0. The lowest BCUT2D eigenvalue weighted by atomic mass is 9.36. The highest BCUT2D eigenvalue weighted by molar-refractivity contribution is 8.06. The number of benzene rings is 3. The molecule has 0 saturated heterocycles. The Hall–Kier alpha value is -3.55. The molecule has 3 aliphatic heterocycles. The molecule has 10 rings (SSSR count). The standard InChI is InChI=1S/C55H67BN2S/c1-12-42-48(13-2)59-51-50(42)58(41-23-18-37(19-24-41)53(6,7)8)47-32-39(55-28-26-34-14-15-35(27-29-55)43(34)33-55)31-46-49(47)56(51)44-25-20-38(54(9,10)11)30-45(44)57(46)40-21-16-36(17-22-40)52(3,4)5/h16-18,20-23,25,30-32,34-35,42-43,48H,12-15,26-29,33H2,1-11H3. The summed E-state index contributed by atoms with van der Waals surface area (Å²) in [7, 11) is 0. The summed E-state index contributed by atoms with van der Waals surface area (Å²) in [5.74, 6) is 3.25. The molecule has 3 fully saturated rings. The largest absolute Gasteiger partial charge is 0.311 e. The molecule has 59 heavy (non-hydrogen) atoms. The molecule has 0 aromatic heterocycles. The predicted molar refractivity (Wildman–Crippen MR) is 255 cm³/mol. The van der Waals surface area contributed by atoms with Gasteiger partial charge in [0.25, 0.3) is 6.71 Å². The normalized spacial score (nSPS) is 27.1. The topological polar surface area (TPSA) is 6.48 Å². The average Bonchev–Trinajstić information content (AvgIpc) is 3.82. The van der Waals surface area contributed by atoms with Gasteiger partial charge in [0.05, 0.1) is 5.69 Å². The van der Waals surface area contributed by atoms with Gasteiger partial charge < -0.3 is 9.80 Å². The van der Waals surface area contributed by atoms with E-state index in [1.807, 2.05) is 0 Å². The molecule has 4 aromatic rings. The third kappa shape index (κ3) is 6.20. The zero-order valence-electron chi connectivity index (χ0n) is 38.0. The van der Waals surface area contributed by atoms with E-state index in [9.17, 15) is 0 Å². The van der Waals surface area contributed by atoms with Crippen LogP contribution in [-0.4, -0.2) is 12.0 Å². The van der Waals surface area contributed by atoms with E-state index in [0.29, 0.717) is 11.2 Å². The van der Waals surface area contributed by atoms with Gasteiger partial charge in [-0.05, 0) is 178 Å². The molecule has 4 unspecified atom stereocenters. The molecule has 2 bridgehead atoms. The molecule has 3 heterocycles. The number of rotatable bonds is 5. The molecule has 4 aromatic carbocycles. The molecule has 0 amide bonds. The van der Waals surface area contributed by atoms with Crippen molar-refractivity contribution >= 4 is 57.8 Å². The third-order valence-electron chi connectivity index (χ3n) is 16.2. The first-order valence-corrected chi connectivity index (χ1v) is 24.3. The Morgan fingerprint density at radius 3 is 1.90 bits per heavy atom. The Morgan fingerprint density at radius 2 is 1.32 bits per heavy atom. The van der Waals surface area contributed by atoms with Crippen molar-refractivity contribution in [1.82, 2.24) is 0 Å². The molecule has 4 heteroatoms. The van der Waals surface area contributed by atoms with Crippen molar-refractivity contribution < 1.29 is 0 Å². The van der Waals surface area contributed by atoms with Gasteiger partial charge >= 0.3 is 0 Å². The summed E-state index contributed by atoms with van der Waals surface area (Å²) in [5.41, 5.74) is 17.0. The van der Waals surface area contributed by atoms with E-state index < -0.39 is 0 Å². The van der Waals surface area contributed by atoms with Gasteiger partial charge in [0.15, 0.2) is 0 Å². The second kappa shape index (κ2) is 13.7. The predicted octanol–water partition coefficient (Wildman–Crippen LogP) is 13.9. The highest BCUT2D eigenvalue weighted by Crippen LogP contribution is 2.62. The number of allylic oxidation sites excluding steroid dienone is 1. The van der Waals surface area contributed by atoms with E-state index in [1.54, 1.807) is 10.4 Å². The average molecular weight is 799 g/mol. The van der Waals surface area contributed by atoms with Crippen molar-refractivity contribution in [2.75, 3.05) is 9.80 Å². The molecule has 3 saturated carbocycles. The van der Waals surface area contributed by atoms with Crippen LogP contribution in [0.2, 0.25) is 0 Å². The van der Waals surface area contributed by atoms with Gasteiger partial charge in [-0.2, -0.15) is 0 Å². The van der Waals surface area contributed by atoms with Crippen LogP contribution in [-0.2, 0) is 21.7 Å². The van der Waals surface area contributed by atoms with Crippen LogP contribution < -0.4 is 20.7 Å². The Bertz CT molecular complexity index is 2300. The summed E-state index contributed by atoms with van der Waals surface area (Å²) in [6.45, 7) is 26.1. The van der Waals surface area contributed by atoms with E-state index in [2.05, 4.69) is 177 Å². The number of fused-ring (bicyclic) bond motifs is 4. The maximum atomic E-state index is 3.83. The Morgan fingerprint density at radius 1 is 0.678 bits per heavy atom. The SMILES string of the molecule is CCC1SC2=C(C1CC)N(c1c#cc(C(C)(C)C)cc1)c1cc(C34CCC5CCC(CC3)C5C4)cc3c1B2c1ccc(C(C)(C)C)cc1N3c1ccc(C(C)(C)C)cc1. The molecule has 4 atom stereocenters. The fourth-order valence-corrected chi connectivity index (χ4v) is 14.4. The van der Waals surface area contributed by atoms with Crippen LogP contribution in [0.15, 0.2) is 77.2 Å². The molecule has 6 aliphatic rings. The van der Waals surface area contributed by atoms with Gasteiger partial charge in [0.2, 0.25) is 0 Å². The van der Waals surface area contributed by atoms with Gasteiger partial charge in [0, 0.05) is 45.2 Å². The Labute approximate surface area is 362 Å². The number of hydrogen-bond donors (Lipinski definition) is 0. The van der Waals surface area contributed by atoms with E-state index >= 15 is 0 Å². The summed E-state index contributed by atoms with van der Waals surface area (Å²) in [6.07, 6.45) is 12.0. The first-order valence-electron chi connectivity index (χ1n) is 23.4. The lowest BCUT2D eigenvalue weighted by Gasteiger charge is -2.51. The maximum absolute atomic E-state index is 3.83. The minimum Gasteiger partial charge on any atom is -0.311 e. The minimum atomic E-state index is 0.0176. The molecule has 3 aliphatic carbocycles. The fraction of sp³-hybridized carbons (Fsp3) is 0.527. The Balaban J connectivity index is 1.28. The van der Waals surface area contributed by atoms with Crippen molar-refractivity contribution in [2.24, 2.45) is 23.7 Å². The van der Waals surface area contributed by atoms with Gasteiger partial charge in [-0.25, -0.2) is 0 Å². The summed E-state index contributed by atoms with van der Waals surface area (Å²) < 4.78 is 0. The molecule has 0 N–H and O–H groups in total. The van der Waals surface area contributed by atoms with Crippen molar-refractivity contribution in [3.05, 3.63) is 112 Å². The van der Waals surface area contributed by atoms with Gasteiger partial charge in [-0.1, -0.05) is 106 Å². The summed E-state index contributed by atoms with van der Waals surface area (Å²) in [5, 5.41) is 0.550. The molecule has 306 valence electrons. The van der Waals surface area contributed by atoms with Crippen LogP contribution in [0.4, 0.5) is 28.4 Å². The van der Waals surface area contributed by atoms with Gasteiger partial charge in [-0.15, -0.1) is 11.8 Å². The van der Waals surface area contributed by atoms with E-state index in [0.717, 1.165) is 29.9 Å². The van der Waals surface area contributed by atoms with Crippen molar-refractivity contribution in [1.29, 1.82) is 0 Å². The zero-order chi connectivity index (χ0) is 41.4. The van der Waals surface area contributed by atoms with E-state index in [4.69, 9.17) is 0 Å². The lowest BCUT2D eigenvalue weighted by molar-refractivity contribution is 0.0832. The van der Waals surface area contributed by atoms with Gasteiger partial charge in [-0.3, -0.25) is 0 Å². The van der Waals surface area contributed by atoms with E-state index in [-0.39, 0.29) is 28.4 Å². The number of hydrogen-bond acceptors (Lipinski definition) is 3.